The van der Waals surface area contributed by atoms with E-state index in [4.69, 9.17) is 0 Å². The van der Waals surface area contributed by atoms with E-state index in [2.05, 4.69) is 15.4 Å². The zero-order chi connectivity index (χ0) is 15.5. The largest absolute Gasteiger partial charge is 0.355 e. The van der Waals surface area contributed by atoms with Crippen molar-refractivity contribution in [3.05, 3.63) is 29.8 Å². The molecule has 1 amide bonds. The van der Waals surface area contributed by atoms with Crippen LogP contribution in [-0.2, 0) is 14.8 Å². The molecule has 1 aliphatic heterocycles. The van der Waals surface area contributed by atoms with Gasteiger partial charge in [-0.3, -0.25) is 4.79 Å². The van der Waals surface area contributed by atoms with Crippen molar-refractivity contribution in [2.45, 2.75) is 36.7 Å². The summed E-state index contributed by atoms with van der Waals surface area (Å²) in [5, 5.41) is 5.76. The number of sulfonamides is 1. The molecule has 6 nitrogen and oxygen atoms in total. The molecule has 7 heteroatoms. The zero-order valence-electron chi connectivity index (χ0n) is 12.2. The summed E-state index contributed by atoms with van der Waals surface area (Å²) < 4.78 is 27.0. The Balaban J connectivity index is 2.13. The first-order valence-electron chi connectivity index (χ1n) is 7.01. The maximum Gasteiger partial charge on any atom is 0.241 e. The highest BCUT2D eigenvalue weighted by Crippen LogP contribution is 2.17. The molecule has 116 valence electrons. The van der Waals surface area contributed by atoms with Crippen LogP contribution in [0.1, 0.15) is 31.4 Å². The van der Waals surface area contributed by atoms with Crippen molar-refractivity contribution in [3.8, 4) is 0 Å². The number of nitrogens with one attached hydrogen (secondary N) is 3. The Morgan fingerprint density at radius 3 is 2.52 bits per heavy atom. The maximum absolute atomic E-state index is 12.3. The lowest BCUT2D eigenvalue weighted by atomic mass is 10.1. The van der Waals surface area contributed by atoms with E-state index < -0.39 is 16.1 Å². The molecule has 1 fully saturated rings. The van der Waals surface area contributed by atoms with Crippen LogP contribution < -0.4 is 15.4 Å². The average Bonchev–Trinajstić information content (AvgIpc) is 2.49. The molecule has 1 aliphatic rings. The Kier molecular flexibility index (Phi) is 4.97. The number of benzene rings is 1. The van der Waals surface area contributed by atoms with Crippen molar-refractivity contribution in [1.82, 2.24) is 15.4 Å². The zero-order valence-corrected chi connectivity index (χ0v) is 13.0. The van der Waals surface area contributed by atoms with Gasteiger partial charge in [0.1, 0.15) is 6.04 Å². The van der Waals surface area contributed by atoms with E-state index in [1.165, 1.54) is 0 Å². The minimum atomic E-state index is -3.67. The van der Waals surface area contributed by atoms with Crippen LogP contribution >= 0.6 is 0 Å². The van der Waals surface area contributed by atoms with Gasteiger partial charge < -0.3 is 10.6 Å². The van der Waals surface area contributed by atoms with Gasteiger partial charge in [0, 0.05) is 12.6 Å². The van der Waals surface area contributed by atoms with E-state index in [-0.39, 0.29) is 16.8 Å². The molecule has 1 saturated heterocycles. The molecule has 0 saturated carbocycles. The number of carbonyl (C=O) groups is 1. The van der Waals surface area contributed by atoms with Gasteiger partial charge in [0.25, 0.3) is 0 Å². The highest BCUT2D eigenvalue weighted by molar-refractivity contribution is 7.89. The topological polar surface area (TPSA) is 87.3 Å². The Bertz CT molecular complexity index is 598. The number of hydrogen-bond acceptors (Lipinski definition) is 4. The molecule has 21 heavy (non-hydrogen) atoms. The van der Waals surface area contributed by atoms with Gasteiger partial charge in [-0.2, -0.15) is 4.72 Å². The summed E-state index contributed by atoms with van der Waals surface area (Å²) in [7, 11) is -1.83. The molecular formula is C14H21N3O3S. The molecule has 0 bridgehead atoms. The van der Waals surface area contributed by atoms with Crippen LogP contribution in [0.25, 0.3) is 0 Å². The van der Waals surface area contributed by atoms with Crippen LogP contribution in [0.2, 0.25) is 0 Å². The second-order valence-corrected chi connectivity index (χ2v) is 6.90. The van der Waals surface area contributed by atoms with E-state index in [9.17, 15) is 13.2 Å². The van der Waals surface area contributed by atoms with Crippen LogP contribution in [0.3, 0.4) is 0 Å². The number of hydrogen-bond donors (Lipinski definition) is 3. The fraction of sp³-hybridized carbons (Fsp3) is 0.500. The third-order valence-corrected chi connectivity index (χ3v) is 5.19. The average molecular weight is 311 g/mol. The molecule has 1 aromatic rings. The predicted molar refractivity (Wildman–Crippen MR) is 80.3 cm³/mol. The number of rotatable bonds is 5. The number of carbonyl (C=O) groups excluding carboxylic acids is 1. The molecule has 0 radical (unpaired) electrons. The first kappa shape index (κ1) is 15.9. The smallest absolute Gasteiger partial charge is 0.241 e. The van der Waals surface area contributed by atoms with Crippen molar-refractivity contribution in [2.24, 2.45) is 0 Å². The Hall–Kier alpha value is -1.44. The van der Waals surface area contributed by atoms with E-state index in [0.29, 0.717) is 13.0 Å². The molecule has 0 aromatic heterocycles. The standard InChI is InChI=1S/C14H21N3O3S/c1-10(15-2)11-5-7-12(8-6-11)21(19,20)17-13-4-3-9-16-14(13)18/h5-8,10,13,15,17H,3-4,9H2,1-2H3,(H,16,18). The molecular weight excluding hydrogens is 290 g/mol. The summed E-state index contributed by atoms with van der Waals surface area (Å²) >= 11 is 0. The van der Waals surface area contributed by atoms with Crippen LogP contribution in [0.15, 0.2) is 29.2 Å². The van der Waals surface area contributed by atoms with Crippen LogP contribution in [0.5, 0.6) is 0 Å². The lowest BCUT2D eigenvalue weighted by Gasteiger charge is -2.22. The molecule has 2 unspecified atom stereocenters. The third-order valence-electron chi connectivity index (χ3n) is 3.71. The fourth-order valence-corrected chi connectivity index (χ4v) is 3.47. The van der Waals surface area contributed by atoms with E-state index >= 15 is 0 Å². The van der Waals surface area contributed by atoms with Gasteiger partial charge in [0.2, 0.25) is 15.9 Å². The van der Waals surface area contributed by atoms with Crippen molar-refractivity contribution < 1.29 is 13.2 Å². The minimum Gasteiger partial charge on any atom is -0.355 e. The molecule has 1 heterocycles. The fourth-order valence-electron chi connectivity index (χ4n) is 2.24. The summed E-state index contributed by atoms with van der Waals surface area (Å²) in [5.74, 6) is -0.259. The molecule has 1 aromatic carbocycles. The maximum atomic E-state index is 12.3. The van der Waals surface area contributed by atoms with Crippen LogP contribution in [0, 0.1) is 0 Å². The predicted octanol–water partition coefficient (Wildman–Crippen LogP) is 0.524. The van der Waals surface area contributed by atoms with Gasteiger partial charge in [-0.1, -0.05) is 12.1 Å². The van der Waals surface area contributed by atoms with E-state index in [0.717, 1.165) is 12.0 Å². The summed E-state index contributed by atoms with van der Waals surface area (Å²) in [6.45, 7) is 2.60. The van der Waals surface area contributed by atoms with Gasteiger partial charge in [-0.25, -0.2) is 8.42 Å². The number of amides is 1. The van der Waals surface area contributed by atoms with Gasteiger partial charge in [-0.15, -0.1) is 0 Å². The van der Waals surface area contributed by atoms with Crippen LogP contribution in [-0.4, -0.2) is 34.0 Å². The summed E-state index contributed by atoms with van der Waals surface area (Å²) in [6.07, 6.45) is 1.30. The first-order valence-corrected chi connectivity index (χ1v) is 8.49. The summed E-state index contributed by atoms with van der Waals surface area (Å²) in [4.78, 5) is 11.8. The quantitative estimate of drug-likeness (QED) is 0.740. The van der Waals surface area contributed by atoms with Crippen molar-refractivity contribution in [1.29, 1.82) is 0 Å². The highest BCUT2D eigenvalue weighted by atomic mass is 32.2. The van der Waals surface area contributed by atoms with Crippen molar-refractivity contribution in [3.63, 3.8) is 0 Å². The van der Waals surface area contributed by atoms with Crippen molar-refractivity contribution >= 4 is 15.9 Å². The summed E-state index contributed by atoms with van der Waals surface area (Å²) in [6, 6.07) is 6.14. The Morgan fingerprint density at radius 1 is 1.29 bits per heavy atom. The molecule has 0 aliphatic carbocycles. The highest BCUT2D eigenvalue weighted by Gasteiger charge is 2.27. The molecule has 3 N–H and O–H groups in total. The van der Waals surface area contributed by atoms with E-state index in [1.54, 1.807) is 24.3 Å². The molecule has 0 spiro atoms. The minimum absolute atomic E-state index is 0.152. The lowest BCUT2D eigenvalue weighted by Crippen LogP contribution is -2.50. The van der Waals surface area contributed by atoms with E-state index in [1.807, 2.05) is 14.0 Å². The van der Waals surface area contributed by atoms with Crippen LogP contribution in [0.4, 0.5) is 0 Å². The second-order valence-electron chi connectivity index (χ2n) is 5.19. The van der Waals surface area contributed by atoms with Gasteiger partial charge in [0.05, 0.1) is 4.90 Å². The van der Waals surface area contributed by atoms with Gasteiger partial charge in [-0.05, 0) is 44.5 Å². The molecule has 2 atom stereocenters. The Labute approximate surface area is 125 Å². The third kappa shape index (κ3) is 3.81. The first-order chi connectivity index (χ1) is 9.94. The number of piperidine rings is 1. The lowest BCUT2D eigenvalue weighted by molar-refractivity contribution is -0.124. The Morgan fingerprint density at radius 2 is 1.95 bits per heavy atom. The van der Waals surface area contributed by atoms with Gasteiger partial charge >= 0.3 is 0 Å². The van der Waals surface area contributed by atoms with Crippen molar-refractivity contribution in [2.75, 3.05) is 13.6 Å². The normalized spacial score (nSPS) is 20.9. The van der Waals surface area contributed by atoms with Gasteiger partial charge in [0.15, 0.2) is 0 Å². The second kappa shape index (κ2) is 6.55. The molecule has 2 rings (SSSR count). The SMILES string of the molecule is CNC(C)c1ccc(S(=O)(=O)NC2CCCNC2=O)cc1. The monoisotopic (exact) mass is 311 g/mol. The summed E-state index contributed by atoms with van der Waals surface area (Å²) in [5.41, 5.74) is 1.01.